The number of nitroso groups, excluding NO2 is 1. The van der Waals surface area contributed by atoms with Gasteiger partial charge < -0.3 is 0 Å². The highest BCUT2D eigenvalue weighted by atomic mass is 32.2. The van der Waals surface area contributed by atoms with Gasteiger partial charge in [-0.3, -0.25) is 0 Å². The first-order valence-corrected chi connectivity index (χ1v) is 4.65. The molecular formula is C7H13NO2S. The molecule has 0 radical (unpaired) electrons. The zero-order chi connectivity index (χ0) is 8.85. The van der Waals surface area contributed by atoms with E-state index in [9.17, 15) is 9.12 Å². The first kappa shape index (κ1) is 10.5. The molecule has 0 amide bonds. The molecule has 0 aromatic heterocycles. The van der Waals surface area contributed by atoms with Crippen LogP contribution in [0.3, 0.4) is 0 Å². The van der Waals surface area contributed by atoms with E-state index >= 15 is 0 Å². The van der Waals surface area contributed by atoms with Crippen LogP contribution in [-0.2, 0) is 11.0 Å². The van der Waals surface area contributed by atoms with Gasteiger partial charge in [-0.2, -0.15) is 0 Å². The summed E-state index contributed by atoms with van der Waals surface area (Å²) in [5.41, 5.74) is 0. The summed E-state index contributed by atoms with van der Waals surface area (Å²) in [6, 6.07) is 0. The fourth-order valence-corrected chi connectivity index (χ4v) is 1.37. The maximum atomic E-state index is 10.8. The summed E-state index contributed by atoms with van der Waals surface area (Å²) in [4.78, 5) is 9.88. The summed E-state index contributed by atoms with van der Waals surface area (Å²) in [6.07, 6.45) is 2.52. The largest absolute Gasteiger partial charge is 0.231 e. The highest BCUT2D eigenvalue weighted by Crippen LogP contribution is 2.14. The zero-order valence-electron chi connectivity index (χ0n) is 6.82. The van der Waals surface area contributed by atoms with Gasteiger partial charge in [-0.15, -0.1) is 11.5 Å². The van der Waals surface area contributed by atoms with E-state index in [1.165, 1.54) is 0 Å². The first-order chi connectivity index (χ1) is 5.13. The monoisotopic (exact) mass is 175 g/mol. The number of hydrogen-bond acceptors (Lipinski definition) is 2. The first-order valence-electron chi connectivity index (χ1n) is 3.48. The van der Waals surface area contributed by atoms with Crippen molar-refractivity contribution in [2.45, 2.75) is 25.5 Å². The highest BCUT2D eigenvalue weighted by Gasteiger charge is 2.17. The van der Waals surface area contributed by atoms with Crippen LogP contribution in [0.15, 0.2) is 17.2 Å². The van der Waals surface area contributed by atoms with E-state index in [-0.39, 0.29) is 11.2 Å². The Morgan fingerprint density at radius 1 is 1.64 bits per heavy atom. The van der Waals surface area contributed by atoms with E-state index in [1.807, 2.05) is 6.92 Å². The van der Waals surface area contributed by atoms with Crippen LogP contribution in [0.4, 0.5) is 0 Å². The molecule has 0 aliphatic carbocycles. The Bertz CT molecular complexity index is 170. The standard InChI is InChI=1S/C7H13NO2S/c1-4-5-6(2)7(3)11(10)8-9/h4,6-7H,1,5H2,2-3H3/t6-,7+,11?/m0/s1. The molecule has 0 bridgehead atoms. The third kappa shape index (κ3) is 3.41. The van der Waals surface area contributed by atoms with E-state index in [1.54, 1.807) is 13.0 Å². The quantitative estimate of drug-likeness (QED) is 0.474. The van der Waals surface area contributed by atoms with Crippen LogP contribution in [-0.4, -0.2) is 9.46 Å². The topological polar surface area (TPSA) is 46.5 Å². The summed E-state index contributed by atoms with van der Waals surface area (Å²) >= 11 is 0. The van der Waals surface area contributed by atoms with Gasteiger partial charge in [0.25, 0.3) is 0 Å². The van der Waals surface area contributed by atoms with E-state index in [4.69, 9.17) is 0 Å². The smallest absolute Gasteiger partial charge is 0.183 e. The molecule has 0 N–H and O–H groups in total. The van der Waals surface area contributed by atoms with Gasteiger partial charge in [0.2, 0.25) is 0 Å². The molecule has 0 aliphatic rings. The fraction of sp³-hybridized carbons (Fsp3) is 0.714. The molecule has 0 aromatic carbocycles. The summed E-state index contributed by atoms with van der Waals surface area (Å²) in [5, 5.41) is -0.175. The molecule has 0 aliphatic heterocycles. The van der Waals surface area contributed by atoms with Crippen molar-refractivity contribution >= 4 is 11.0 Å². The molecule has 3 nitrogen and oxygen atoms in total. The third-order valence-electron chi connectivity index (χ3n) is 1.73. The van der Waals surface area contributed by atoms with Gasteiger partial charge in [0.1, 0.15) is 0 Å². The molecule has 64 valence electrons. The summed E-state index contributed by atoms with van der Waals surface area (Å²) in [5.74, 6) is 0.200. The number of nitrogens with zero attached hydrogens (tertiary/aromatic N) is 1. The Labute approximate surface area is 69.4 Å². The summed E-state index contributed by atoms with van der Waals surface area (Å²) in [7, 11) is -1.58. The lowest BCUT2D eigenvalue weighted by atomic mass is 10.1. The van der Waals surface area contributed by atoms with Gasteiger partial charge >= 0.3 is 0 Å². The minimum absolute atomic E-state index is 0.175. The molecule has 0 saturated carbocycles. The van der Waals surface area contributed by atoms with Crippen LogP contribution in [0, 0.1) is 10.8 Å². The average molecular weight is 175 g/mol. The van der Waals surface area contributed by atoms with Crippen LogP contribution in [0.2, 0.25) is 0 Å². The van der Waals surface area contributed by atoms with Gasteiger partial charge in [-0.25, -0.2) is 4.21 Å². The molecule has 1 unspecified atom stereocenters. The van der Waals surface area contributed by atoms with Crippen molar-refractivity contribution < 1.29 is 4.21 Å². The van der Waals surface area contributed by atoms with Gasteiger partial charge in [-0.05, 0) is 19.3 Å². The Hall–Kier alpha value is -0.510. The van der Waals surface area contributed by atoms with E-state index < -0.39 is 11.0 Å². The third-order valence-corrected chi connectivity index (χ3v) is 2.98. The molecule has 0 rings (SSSR count). The molecule has 11 heavy (non-hydrogen) atoms. The van der Waals surface area contributed by atoms with Crippen molar-refractivity contribution in [1.82, 2.24) is 0 Å². The van der Waals surface area contributed by atoms with Crippen molar-refractivity contribution in [3.8, 4) is 0 Å². The van der Waals surface area contributed by atoms with Gasteiger partial charge in [-0.1, -0.05) is 13.0 Å². The lowest BCUT2D eigenvalue weighted by molar-refractivity contribution is 0.566. The second kappa shape index (κ2) is 5.18. The van der Waals surface area contributed by atoms with E-state index in [0.29, 0.717) is 0 Å². The molecule has 3 atom stereocenters. The Kier molecular flexibility index (Phi) is 4.94. The van der Waals surface area contributed by atoms with Crippen molar-refractivity contribution in [2.24, 2.45) is 10.5 Å². The molecule has 0 spiro atoms. The molecule has 0 heterocycles. The lowest BCUT2D eigenvalue weighted by Gasteiger charge is -2.12. The van der Waals surface area contributed by atoms with Crippen molar-refractivity contribution in [2.75, 3.05) is 0 Å². The van der Waals surface area contributed by atoms with Crippen LogP contribution in [0.25, 0.3) is 0 Å². The van der Waals surface area contributed by atoms with E-state index in [0.717, 1.165) is 6.42 Å². The molecule has 0 saturated heterocycles. The Morgan fingerprint density at radius 3 is 2.55 bits per heavy atom. The van der Waals surface area contributed by atoms with E-state index in [2.05, 4.69) is 11.2 Å². The normalized spacial score (nSPS) is 18.4. The van der Waals surface area contributed by atoms with Gasteiger partial charge in [0.05, 0.1) is 5.25 Å². The minimum Gasteiger partial charge on any atom is -0.231 e. The second-order valence-electron chi connectivity index (χ2n) is 2.56. The molecule has 0 aromatic rings. The Balaban J connectivity index is 3.99. The number of rotatable bonds is 5. The summed E-state index contributed by atoms with van der Waals surface area (Å²) < 4.78 is 13.3. The minimum atomic E-state index is -1.58. The second-order valence-corrected chi connectivity index (χ2v) is 4.00. The number of hydrogen-bond donors (Lipinski definition) is 0. The van der Waals surface area contributed by atoms with Crippen molar-refractivity contribution in [3.63, 3.8) is 0 Å². The zero-order valence-corrected chi connectivity index (χ0v) is 7.63. The Morgan fingerprint density at radius 2 is 2.18 bits per heavy atom. The predicted octanol–water partition coefficient (Wildman–Crippen LogP) is 2.02. The molecular weight excluding hydrogens is 162 g/mol. The summed E-state index contributed by atoms with van der Waals surface area (Å²) in [6.45, 7) is 7.24. The average Bonchev–Trinajstić information content (AvgIpc) is 2.02. The molecule has 4 heteroatoms. The van der Waals surface area contributed by atoms with Crippen molar-refractivity contribution in [3.05, 3.63) is 17.6 Å². The molecule has 0 fully saturated rings. The number of allylic oxidation sites excluding steroid dienone is 1. The van der Waals surface area contributed by atoms with Crippen molar-refractivity contribution in [1.29, 1.82) is 0 Å². The van der Waals surface area contributed by atoms with Crippen LogP contribution < -0.4 is 0 Å². The maximum Gasteiger partial charge on any atom is 0.183 e. The predicted molar refractivity (Wildman–Crippen MR) is 47.4 cm³/mol. The fourth-order valence-electron chi connectivity index (χ4n) is 0.721. The van der Waals surface area contributed by atoms with Crippen LogP contribution in [0.5, 0.6) is 0 Å². The SMILES string of the molecule is C=CC[C@H](C)[C@@H](C)S(=O)N=O. The lowest BCUT2D eigenvalue weighted by Crippen LogP contribution is -2.17. The van der Waals surface area contributed by atoms with Gasteiger partial charge in [0.15, 0.2) is 11.0 Å². The van der Waals surface area contributed by atoms with Crippen LogP contribution in [0.1, 0.15) is 20.3 Å². The van der Waals surface area contributed by atoms with Gasteiger partial charge in [0, 0.05) is 4.58 Å². The highest BCUT2D eigenvalue weighted by molar-refractivity contribution is 7.84. The van der Waals surface area contributed by atoms with Crippen LogP contribution >= 0.6 is 0 Å². The maximum absolute atomic E-state index is 10.8.